The number of phenolic OH excluding ortho intramolecular Hbond substituents is 1. The number of likely N-dealkylation sites (N-methyl/N-ethyl adjacent to an activating group) is 1. The van der Waals surface area contributed by atoms with Crippen LogP contribution in [0.25, 0.3) is 10.9 Å². The number of nitrogens with zero attached hydrogens (tertiary/aromatic N) is 2. The van der Waals surface area contributed by atoms with Gasteiger partial charge >= 0.3 is 0 Å². The molecule has 0 amide bonds. The average molecular weight is 336 g/mol. The Morgan fingerprint density at radius 3 is 2.56 bits per heavy atom. The molecule has 0 radical (unpaired) electrons. The van der Waals surface area contributed by atoms with E-state index in [1.165, 1.54) is 4.90 Å². The molecule has 5 heteroatoms. The van der Waals surface area contributed by atoms with Gasteiger partial charge in [0.25, 0.3) is 0 Å². The van der Waals surface area contributed by atoms with Crippen molar-refractivity contribution in [2.45, 2.75) is 6.04 Å². The van der Waals surface area contributed by atoms with E-state index in [0.717, 1.165) is 42.7 Å². The molecule has 0 bridgehead atoms. The topological polar surface area (TPSA) is 54.9 Å². The number of pyridine rings is 2. The molecule has 25 heavy (non-hydrogen) atoms. The lowest BCUT2D eigenvalue weighted by Gasteiger charge is -2.34. The lowest BCUT2D eigenvalue weighted by atomic mass is 9.95. The number of quaternary nitrogens is 2. The Balaban J connectivity index is 1.82. The number of nitrogens with one attached hydrogen (secondary N) is 2. The highest BCUT2D eigenvalue weighted by Crippen LogP contribution is 2.32. The summed E-state index contributed by atoms with van der Waals surface area (Å²) < 4.78 is 0. The summed E-state index contributed by atoms with van der Waals surface area (Å²) in [6.07, 6.45) is 5.45. The molecule has 0 saturated carbocycles. The van der Waals surface area contributed by atoms with Gasteiger partial charge in [-0.3, -0.25) is 9.97 Å². The molecule has 0 spiro atoms. The van der Waals surface area contributed by atoms with Gasteiger partial charge in [0.2, 0.25) is 0 Å². The number of benzene rings is 1. The predicted octanol–water partition coefficient (Wildman–Crippen LogP) is -0.162. The van der Waals surface area contributed by atoms with E-state index in [4.69, 9.17) is 0 Å². The molecular weight excluding hydrogens is 312 g/mol. The number of aromatic hydroxyl groups is 1. The number of aromatic nitrogens is 2. The van der Waals surface area contributed by atoms with Gasteiger partial charge in [0.15, 0.2) is 5.75 Å². The standard InChI is InChI=1S/C20H22N4O/c1-23-10-12-24(13-11-23)19(16-5-2-8-21-14-16)17-7-6-15-4-3-9-22-18(15)20(17)25/h2-9,14,19,25H,10-13H2,1H3/p+2/t19-/m0/s1. The number of piperazine rings is 1. The zero-order valence-corrected chi connectivity index (χ0v) is 14.4. The van der Waals surface area contributed by atoms with Gasteiger partial charge in [0.1, 0.15) is 37.7 Å². The Bertz CT molecular complexity index is 860. The highest BCUT2D eigenvalue weighted by atomic mass is 16.3. The van der Waals surface area contributed by atoms with E-state index >= 15 is 0 Å². The van der Waals surface area contributed by atoms with E-state index in [-0.39, 0.29) is 6.04 Å². The van der Waals surface area contributed by atoms with Crippen LogP contribution >= 0.6 is 0 Å². The van der Waals surface area contributed by atoms with Crippen molar-refractivity contribution in [1.29, 1.82) is 0 Å². The lowest BCUT2D eigenvalue weighted by molar-refractivity contribution is -1.02. The van der Waals surface area contributed by atoms with Crippen molar-refractivity contribution in [3.05, 3.63) is 66.1 Å². The maximum Gasteiger partial charge on any atom is 0.151 e. The van der Waals surface area contributed by atoms with Gasteiger partial charge in [-0.1, -0.05) is 12.1 Å². The lowest BCUT2D eigenvalue weighted by Crippen LogP contribution is -3.27. The van der Waals surface area contributed by atoms with Crippen LogP contribution in [-0.2, 0) is 0 Å². The zero-order chi connectivity index (χ0) is 17.2. The summed E-state index contributed by atoms with van der Waals surface area (Å²) in [4.78, 5) is 11.8. The van der Waals surface area contributed by atoms with Gasteiger partial charge in [-0.05, 0) is 24.3 Å². The van der Waals surface area contributed by atoms with Crippen LogP contribution in [0.2, 0.25) is 0 Å². The van der Waals surface area contributed by atoms with Crippen molar-refractivity contribution >= 4 is 10.9 Å². The largest absolute Gasteiger partial charge is 0.505 e. The second-order valence-electron chi connectivity index (χ2n) is 6.91. The minimum Gasteiger partial charge on any atom is -0.505 e. The highest BCUT2D eigenvalue weighted by molar-refractivity contribution is 5.85. The van der Waals surface area contributed by atoms with Crippen molar-refractivity contribution in [3.63, 3.8) is 0 Å². The van der Waals surface area contributed by atoms with Gasteiger partial charge in [-0.15, -0.1) is 0 Å². The van der Waals surface area contributed by atoms with Crippen molar-refractivity contribution in [2.75, 3.05) is 33.2 Å². The minimum atomic E-state index is 0.0770. The van der Waals surface area contributed by atoms with Gasteiger partial charge in [-0.2, -0.15) is 0 Å². The minimum absolute atomic E-state index is 0.0770. The summed E-state index contributed by atoms with van der Waals surface area (Å²) in [5.41, 5.74) is 2.75. The molecule has 2 aromatic heterocycles. The van der Waals surface area contributed by atoms with Crippen molar-refractivity contribution in [3.8, 4) is 5.75 Å². The van der Waals surface area contributed by atoms with Gasteiger partial charge in [0, 0.05) is 29.5 Å². The molecule has 128 valence electrons. The third kappa shape index (κ3) is 3.08. The Morgan fingerprint density at radius 1 is 1.00 bits per heavy atom. The summed E-state index contributed by atoms with van der Waals surface area (Å²) in [5, 5.41) is 11.9. The first kappa shape index (κ1) is 16.0. The molecule has 1 aliphatic heterocycles. The van der Waals surface area contributed by atoms with E-state index in [1.54, 1.807) is 17.3 Å². The van der Waals surface area contributed by atoms with Crippen LogP contribution in [-0.4, -0.2) is 48.3 Å². The van der Waals surface area contributed by atoms with Crippen LogP contribution in [0.5, 0.6) is 5.75 Å². The Kier molecular flexibility index (Phi) is 4.34. The third-order valence-electron chi connectivity index (χ3n) is 5.26. The van der Waals surface area contributed by atoms with E-state index in [1.807, 2.05) is 24.4 Å². The van der Waals surface area contributed by atoms with E-state index in [9.17, 15) is 5.11 Å². The monoisotopic (exact) mass is 336 g/mol. The number of hydrogen-bond acceptors (Lipinski definition) is 3. The molecule has 0 unspecified atom stereocenters. The summed E-state index contributed by atoms with van der Waals surface area (Å²) in [7, 11) is 2.24. The molecule has 5 nitrogen and oxygen atoms in total. The number of phenols is 1. The van der Waals surface area contributed by atoms with Crippen LogP contribution in [0.15, 0.2) is 55.0 Å². The Hall–Kier alpha value is -2.50. The number of hydrogen-bond donors (Lipinski definition) is 3. The first-order valence-corrected chi connectivity index (χ1v) is 8.86. The number of rotatable bonds is 3. The van der Waals surface area contributed by atoms with Crippen LogP contribution in [0, 0.1) is 0 Å². The quantitative estimate of drug-likeness (QED) is 0.623. The van der Waals surface area contributed by atoms with Gasteiger partial charge < -0.3 is 14.9 Å². The van der Waals surface area contributed by atoms with E-state index < -0.39 is 0 Å². The second-order valence-corrected chi connectivity index (χ2v) is 6.91. The summed E-state index contributed by atoms with van der Waals surface area (Å²) in [5.74, 6) is 0.297. The molecule has 1 aliphatic rings. The van der Waals surface area contributed by atoms with Crippen molar-refractivity contribution in [2.24, 2.45) is 0 Å². The molecule has 1 saturated heterocycles. The normalized spacial score (nSPS) is 22.0. The molecule has 3 heterocycles. The molecule has 3 N–H and O–H groups in total. The fraction of sp³-hybridized carbons (Fsp3) is 0.300. The van der Waals surface area contributed by atoms with Crippen molar-refractivity contribution < 1.29 is 14.9 Å². The van der Waals surface area contributed by atoms with E-state index in [2.05, 4.69) is 35.2 Å². The molecule has 1 aromatic carbocycles. The maximum atomic E-state index is 11.0. The fourth-order valence-corrected chi connectivity index (χ4v) is 3.85. The third-order valence-corrected chi connectivity index (χ3v) is 5.26. The molecule has 3 aromatic rings. The second kappa shape index (κ2) is 6.78. The smallest absolute Gasteiger partial charge is 0.151 e. The van der Waals surface area contributed by atoms with Gasteiger partial charge in [-0.25, -0.2) is 0 Å². The number of fused-ring (bicyclic) bond motifs is 1. The highest BCUT2D eigenvalue weighted by Gasteiger charge is 2.33. The summed E-state index contributed by atoms with van der Waals surface area (Å²) in [6.45, 7) is 4.42. The van der Waals surface area contributed by atoms with E-state index in [0.29, 0.717) is 11.3 Å². The first-order chi connectivity index (χ1) is 12.2. The van der Waals surface area contributed by atoms with Crippen LogP contribution in [0.1, 0.15) is 17.2 Å². The summed E-state index contributed by atoms with van der Waals surface area (Å²) >= 11 is 0. The van der Waals surface area contributed by atoms with Gasteiger partial charge in [0.05, 0.1) is 12.6 Å². The fourth-order valence-electron chi connectivity index (χ4n) is 3.85. The summed E-state index contributed by atoms with van der Waals surface area (Å²) in [6, 6.07) is 12.1. The first-order valence-electron chi connectivity index (χ1n) is 8.86. The van der Waals surface area contributed by atoms with Crippen LogP contribution in [0.4, 0.5) is 0 Å². The Morgan fingerprint density at radius 2 is 1.80 bits per heavy atom. The van der Waals surface area contributed by atoms with Crippen LogP contribution < -0.4 is 9.80 Å². The SMILES string of the molecule is C[NH+]1CC[NH+]([C@@H](c2cccnc2)c2ccc3cccnc3c2O)CC1. The molecule has 0 aliphatic carbocycles. The predicted molar refractivity (Wildman–Crippen MR) is 96.8 cm³/mol. The Labute approximate surface area is 147 Å². The molecule has 1 atom stereocenters. The molecular formula is C20H24N4O+2. The van der Waals surface area contributed by atoms with Crippen molar-refractivity contribution in [1.82, 2.24) is 9.97 Å². The average Bonchev–Trinajstić information content (AvgIpc) is 2.66. The van der Waals surface area contributed by atoms with Crippen LogP contribution in [0.3, 0.4) is 0 Å². The maximum absolute atomic E-state index is 11.0. The zero-order valence-electron chi connectivity index (χ0n) is 14.4. The molecule has 1 fully saturated rings. The molecule has 4 rings (SSSR count).